The largest absolute Gasteiger partial charge is 0.481 e. The van der Waals surface area contributed by atoms with Crippen LogP contribution in [0.5, 0.6) is 0 Å². The molecule has 1 saturated heterocycles. The number of amides is 2. The van der Waals surface area contributed by atoms with Crippen LogP contribution in [0.4, 0.5) is 4.79 Å². The van der Waals surface area contributed by atoms with Crippen molar-refractivity contribution < 1.29 is 24.2 Å². The Morgan fingerprint density at radius 1 is 1.06 bits per heavy atom. The number of benzene rings is 2. The summed E-state index contributed by atoms with van der Waals surface area (Å²) in [5.74, 6) is -1.79. The molecule has 2 aromatic carbocycles. The summed E-state index contributed by atoms with van der Waals surface area (Å²) >= 11 is 0. The molecule has 2 aliphatic rings. The van der Waals surface area contributed by atoms with Gasteiger partial charge in [-0.3, -0.25) is 14.5 Å². The molecule has 1 aliphatic heterocycles. The summed E-state index contributed by atoms with van der Waals surface area (Å²) in [6.45, 7) is 4.60. The molecule has 8 heteroatoms. The fourth-order valence-corrected chi connectivity index (χ4v) is 4.63. The highest BCUT2D eigenvalue weighted by Gasteiger charge is 2.32. The number of aliphatic carboxylic acids is 1. The molecule has 4 rings (SSSR count). The number of ether oxygens (including phenoxy) is 1. The first-order valence-corrected chi connectivity index (χ1v) is 11.3. The number of hydrogen-bond donors (Lipinski definition) is 3. The van der Waals surface area contributed by atoms with E-state index >= 15 is 0 Å². The topological polar surface area (TPSA) is 108 Å². The average Bonchev–Trinajstić information content (AvgIpc) is 3.09. The molecule has 0 aromatic heterocycles. The molecule has 1 aliphatic carbocycles. The van der Waals surface area contributed by atoms with Crippen molar-refractivity contribution in [1.29, 1.82) is 0 Å². The summed E-state index contributed by atoms with van der Waals surface area (Å²) in [4.78, 5) is 38.6. The van der Waals surface area contributed by atoms with Crippen molar-refractivity contribution in [3.05, 3.63) is 59.7 Å². The third-order valence-corrected chi connectivity index (χ3v) is 6.17. The van der Waals surface area contributed by atoms with E-state index in [2.05, 4.69) is 22.5 Å². The van der Waals surface area contributed by atoms with E-state index in [1.54, 1.807) is 0 Å². The minimum atomic E-state index is -1.20. The molecule has 8 nitrogen and oxygen atoms in total. The summed E-state index contributed by atoms with van der Waals surface area (Å²) < 4.78 is 5.46. The number of alkyl carbamates (subject to hydrolysis) is 1. The maximum absolute atomic E-state index is 12.6. The first-order chi connectivity index (χ1) is 16.0. The summed E-state index contributed by atoms with van der Waals surface area (Å²) in [5, 5.41) is 14.5. The summed E-state index contributed by atoms with van der Waals surface area (Å²) in [7, 11) is 0. The molecule has 1 fully saturated rings. The van der Waals surface area contributed by atoms with Crippen LogP contribution in [0.1, 0.15) is 36.8 Å². The van der Waals surface area contributed by atoms with Crippen LogP contribution in [0.2, 0.25) is 0 Å². The fraction of sp³-hybridized carbons (Fsp3) is 0.400. The minimum Gasteiger partial charge on any atom is -0.481 e. The third-order valence-electron chi connectivity index (χ3n) is 6.17. The molecule has 1 heterocycles. The smallest absolute Gasteiger partial charge is 0.407 e. The Morgan fingerprint density at radius 3 is 2.24 bits per heavy atom. The highest BCUT2D eigenvalue weighted by atomic mass is 16.5. The molecule has 0 bridgehead atoms. The second-order valence-electron chi connectivity index (χ2n) is 8.59. The normalized spacial score (nSPS) is 16.3. The van der Waals surface area contributed by atoms with Crippen molar-refractivity contribution in [2.24, 2.45) is 0 Å². The van der Waals surface area contributed by atoms with E-state index in [0.717, 1.165) is 48.3 Å². The van der Waals surface area contributed by atoms with Crippen molar-refractivity contribution in [2.75, 3.05) is 26.2 Å². The number of carboxylic acids is 1. The molecule has 0 saturated carbocycles. The van der Waals surface area contributed by atoms with E-state index in [4.69, 9.17) is 4.74 Å². The number of hydrogen-bond acceptors (Lipinski definition) is 5. The van der Waals surface area contributed by atoms with Crippen LogP contribution in [0.3, 0.4) is 0 Å². The van der Waals surface area contributed by atoms with Crippen LogP contribution in [0.15, 0.2) is 48.5 Å². The maximum Gasteiger partial charge on any atom is 0.407 e. The van der Waals surface area contributed by atoms with E-state index in [-0.39, 0.29) is 18.6 Å². The Kier molecular flexibility index (Phi) is 6.93. The number of carbonyl (C=O) groups is 3. The first kappa shape index (κ1) is 22.8. The zero-order valence-electron chi connectivity index (χ0n) is 18.6. The van der Waals surface area contributed by atoms with Crippen molar-refractivity contribution in [1.82, 2.24) is 15.5 Å². The molecule has 1 atom stereocenters. The lowest BCUT2D eigenvalue weighted by atomic mass is 9.98. The van der Waals surface area contributed by atoms with Crippen molar-refractivity contribution in [3.63, 3.8) is 0 Å². The average molecular weight is 452 g/mol. The zero-order valence-corrected chi connectivity index (χ0v) is 18.6. The van der Waals surface area contributed by atoms with Gasteiger partial charge < -0.3 is 20.5 Å². The molecular weight excluding hydrogens is 422 g/mol. The van der Waals surface area contributed by atoms with E-state index in [1.165, 1.54) is 0 Å². The van der Waals surface area contributed by atoms with Gasteiger partial charge in [0.05, 0.1) is 12.5 Å². The van der Waals surface area contributed by atoms with Gasteiger partial charge in [-0.05, 0) is 35.2 Å². The number of rotatable bonds is 9. The molecule has 0 spiro atoms. The van der Waals surface area contributed by atoms with Crippen LogP contribution in [-0.4, -0.2) is 66.3 Å². The lowest BCUT2D eigenvalue weighted by Crippen LogP contribution is -2.62. The standard InChI is InChI=1S/C25H29N3O5/c1-2-11-28-13-16(14-28)26-24(31)22(12-23(29)30)27-25(32)33-15-21-19-9-5-3-7-17(19)18-8-4-6-10-20(18)21/h3-10,16,21-22H,2,11-15H2,1H3,(H,26,31)(H,27,32)(H,29,30). The number of nitrogens with one attached hydrogen (secondary N) is 2. The third kappa shape index (κ3) is 5.17. The Hall–Kier alpha value is -3.39. The predicted octanol–water partition coefficient (Wildman–Crippen LogP) is 2.58. The number of fused-ring (bicyclic) bond motifs is 3. The lowest BCUT2D eigenvalue weighted by Gasteiger charge is -2.39. The van der Waals surface area contributed by atoms with Crippen LogP contribution >= 0.6 is 0 Å². The van der Waals surface area contributed by atoms with Gasteiger partial charge in [-0.25, -0.2) is 4.79 Å². The Balaban J connectivity index is 1.35. The highest BCUT2D eigenvalue weighted by Crippen LogP contribution is 2.44. The SMILES string of the molecule is CCCN1CC(NC(=O)C(CC(=O)O)NC(=O)OCC2c3ccccc3-c3ccccc32)C1. The predicted molar refractivity (Wildman–Crippen MR) is 123 cm³/mol. The molecular formula is C25H29N3O5. The second-order valence-corrected chi connectivity index (χ2v) is 8.59. The first-order valence-electron chi connectivity index (χ1n) is 11.3. The number of carbonyl (C=O) groups excluding carboxylic acids is 2. The van der Waals surface area contributed by atoms with Gasteiger partial charge in [-0.15, -0.1) is 0 Å². The number of nitrogens with zero attached hydrogens (tertiary/aromatic N) is 1. The Bertz CT molecular complexity index is 989. The van der Waals surface area contributed by atoms with Crippen molar-refractivity contribution in [2.45, 2.75) is 37.8 Å². The molecule has 3 N–H and O–H groups in total. The summed E-state index contributed by atoms with van der Waals surface area (Å²) in [5.41, 5.74) is 4.38. The van der Waals surface area contributed by atoms with Gasteiger partial charge in [-0.2, -0.15) is 0 Å². The highest BCUT2D eigenvalue weighted by molar-refractivity contribution is 5.89. The van der Waals surface area contributed by atoms with Crippen molar-refractivity contribution in [3.8, 4) is 11.1 Å². The van der Waals surface area contributed by atoms with E-state index in [9.17, 15) is 19.5 Å². The Labute approximate surface area is 192 Å². The fourth-order valence-electron chi connectivity index (χ4n) is 4.63. The van der Waals surface area contributed by atoms with Gasteiger partial charge in [-0.1, -0.05) is 55.5 Å². The zero-order chi connectivity index (χ0) is 23.4. The van der Waals surface area contributed by atoms with Crippen LogP contribution in [0, 0.1) is 0 Å². The van der Waals surface area contributed by atoms with Crippen LogP contribution in [-0.2, 0) is 14.3 Å². The quantitative estimate of drug-likeness (QED) is 0.541. The van der Waals surface area contributed by atoms with Gasteiger partial charge in [0.25, 0.3) is 0 Å². The lowest BCUT2D eigenvalue weighted by molar-refractivity contribution is -0.140. The maximum atomic E-state index is 12.6. The number of carboxylic acid groups (broad SMARTS) is 1. The summed E-state index contributed by atoms with van der Waals surface area (Å²) in [6.07, 6.45) is -0.285. The van der Waals surface area contributed by atoms with E-state index in [1.807, 2.05) is 48.5 Å². The molecule has 174 valence electrons. The van der Waals surface area contributed by atoms with E-state index in [0.29, 0.717) is 0 Å². The summed E-state index contributed by atoms with van der Waals surface area (Å²) in [6, 6.07) is 14.7. The van der Waals surface area contributed by atoms with Gasteiger partial charge in [0, 0.05) is 19.0 Å². The molecule has 1 unspecified atom stereocenters. The molecule has 2 amide bonds. The monoisotopic (exact) mass is 451 g/mol. The van der Waals surface area contributed by atoms with Gasteiger partial charge >= 0.3 is 12.1 Å². The minimum absolute atomic E-state index is 0.0374. The van der Waals surface area contributed by atoms with Gasteiger partial charge in [0.2, 0.25) is 5.91 Å². The molecule has 33 heavy (non-hydrogen) atoms. The molecule has 2 aromatic rings. The Morgan fingerprint density at radius 2 is 1.67 bits per heavy atom. The van der Waals surface area contributed by atoms with E-state index < -0.39 is 30.4 Å². The van der Waals surface area contributed by atoms with Gasteiger partial charge in [0.1, 0.15) is 12.6 Å². The van der Waals surface area contributed by atoms with Crippen LogP contribution < -0.4 is 10.6 Å². The number of likely N-dealkylation sites (tertiary alicyclic amines) is 1. The van der Waals surface area contributed by atoms with Crippen LogP contribution in [0.25, 0.3) is 11.1 Å². The van der Waals surface area contributed by atoms with Gasteiger partial charge in [0.15, 0.2) is 0 Å². The second kappa shape index (κ2) is 10.0. The van der Waals surface area contributed by atoms with Crippen molar-refractivity contribution >= 4 is 18.0 Å². The molecule has 0 radical (unpaired) electrons.